The third kappa shape index (κ3) is 7.68. The average molecular weight is 596 g/mol. The Bertz CT molecular complexity index is 1440. The summed E-state index contributed by atoms with van der Waals surface area (Å²) in [4.78, 5) is 29.4. The molecule has 0 radical (unpaired) electrons. The van der Waals surface area contributed by atoms with Crippen LogP contribution in [0.3, 0.4) is 0 Å². The van der Waals surface area contributed by atoms with E-state index in [1.807, 2.05) is 38.1 Å². The van der Waals surface area contributed by atoms with E-state index in [0.717, 1.165) is 47.5 Å². The summed E-state index contributed by atoms with van der Waals surface area (Å²) in [5, 5.41) is 3.52. The Morgan fingerprint density at radius 3 is 2.29 bits per heavy atom. The Kier molecular flexibility index (Phi) is 10.5. The summed E-state index contributed by atoms with van der Waals surface area (Å²) in [7, 11) is -4.13. The van der Waals surface area contributed by atoms with E-state index in [1.165, 1.54) is 23.1 Å². The van der Waals surface area contributed by atoms with Crippen LogP contribution in [0, 0.1) is 6.92 Å². The van der Waals surface area contributed by atoms with Crippen LogP contribution in [0.2, 0.25) is 5.02 Å². The Balaban J connectivity index is 1.71. The molecule has 3 aromatic carbocycles. The summed E-state index contributed by atoms with van der Waals surface area (Å²) in [5.74, 6) is -0.681. The van der Waals surface area contributed by atoms with Gasteiger partial charge in [-0.1, -0.05) is 86.3 Å². The molecule has 0 aliphatic heterocycles. The topological polar surface area (TPSA) is 86.8 Å². The molecule has 1 aliphatic carbocycles. The maximum atomic E-state index is 14.2. The molecule has 9 heteroatoms. The SMILES string of the molecule is CCC(C(=O)NC1CCCCC1)N(Cc1ccccc1C)C(=O)CN(c1cccc(Cl)c1)S(=O)(=O)c1ccccc1. The summed E-state index contributed by atoms with van der Waals surface area (Å²) in [6.07, 6.45) is 5.53. The summed E-state index contributed by atoms with van der Waals surface area (Å²) in [6, 6.07) is 21.4. The Morgan fingerprint density at radius 1 is 0.951 bits per heavy atom. The van der Waals surface area contributed by atoms with Gasteiger partial charge in [-0.2, -0.15) is 0 Å². The van der Waals surface area contributed by atoms with Crippen LogP contribution in [0.25, 0.3) is 0 Å². The van der Waals surface area contributed by atoms with Gasteiger partial charge in [0.1, 0.15) is 12.6 Å². The van der Waals surface area contributed by atoms with Gasteiger partial charge in [0.2, 0.25) is 11.8 Å². The highest BCUT2D eigenvalue weighted by atomic mass is 35.5. The minimum Gasteiger partial charge on any atom is -0.352 e. The van der Waals surface area contributed by atoms with E-state index in [2.05, 4.69) is 5.32 Å². The Morgan fingerprint density at radius 2 is 1.63 bits per heavy atom. The monoisotopic (exact) mass is 595 g/mol. The van der Waals surface area contributed by atoms with Gasteiger partial charge >= 0.3 is 0 Å². The van der Waals surface area contributed by atoms with Gasteiger partial charge in [0.15, 0.2) is 0 Å². The van der Waals surface area contributed by atoms with Crippen molar-refractivity contribution in [1.82, 2.24) is 10.2 Å². The van der Waals surface area contributed by atoms with E-state index in [0.29, 0.717) is 11.4 Å². The zero-order valence-corrected chi connectivity index (χ0v) is 25.2. The van der Waals surface area contributed by atoms with Gasteiger partial charge in [0, 0.05) is 17.6 Å². The van der Waals surface area contributed by atoms with E-state index in [4.69, 9.17) is 11.6 Å². The number of hydrogen-bond acceptors (Lipinski definition) is 4. The molecule has 1 N–H and O–H groups in total. The van der Waals surface area contributed by atoms with Gasteiger partial charge in [-0.3, -0.25) is 13.9 Å². The zero-order valence-electron chi connectivity index (χ0n) is 23.6. The molecule has 218 valence electrons. The molecule has 4 rings (SSSR count). The van der Waals surface area contributed by atoms with Crippen molar-refractivity contribution < 1.29 is 18.0 Å². The van der Waals surface area contributed by atoms with Crippen LogP contribution in [-0.4, -0.2) is 43.8 Å². The van der Waals surface area contributed by atoms with Gasteiger partial charge in [-0.05, 0) is 67.6 Å². The number of aryl methyl sites for hydroxylation is 1. The second-order valence-corrected chi connectivity index (χ2v) is 12.8. The molecular weight excluding hydrogens is 558 g/mol. The number of carbonyl (C=O) groups excluding carboxylic acids is 2. The van der Waals surface area contributed by atoms with Crippen molar-refractivity contribution in [2.24, 2.45) is 0 Å². The lowest BCUT2D eigenvalue weighted by atomic mass is 9.95. The predicted molar refractivity (Wildman–Crippen MR) is 163 cm³/mol. The molecule has 41 heavy (non-hydrogen) atoms. The second-order valence-electron chi connectivity index (χ2n) is 10.5. The second kappa shape index (κ2) is 14.0. The first-order valence-corrected chi connectivity index (χ1v) is 16.0. The van der Waals surface area contributed by atoms with Crippen molar-refractivity contribution in [1.29, 1.82) is 0 Å². The first-order valence-electron chi connectivity index (χ1n) is 14.2. The van der Waals surface area contributed by atoms with Gasteiger partial charge in [0.25, 0.3) is 10.0 Å². The lowest BCUT2D eigenvalue weighted by molar-refractivity contribution is -0.140. The first kappa shape index (κ1) is 30.6. The number of anilines is 1. The van der Waals surface area contributed by atoms with E-state index in [-0.39, 0.29) is 29.1 Å². The molecule has 1 fully saturated rings. The van der Waals surface area contributed by atoms with Gasteiger partial charge in [-0.15, -0.1) is 0 Å². The number of rotatable bonds is 11. The highest BCUT2D eigenvalue weighted by Crippen LogP contribution is 2.27. The molecule has 1 saturated carbocycles. The average Bonchev–Trinajstić information content (AvgIpc) is 2.97. The molecule has 1 atom stereocenters. The number of amides is 2. The number of nitrogens with one attached hydrogen (secondary N) is 1. The molecule has 0 heterocycles. The van der Waals surface area contributed by atoms with Crippen molar-refractivity contribution in [3.8, 4) is 0 Å². The van der Waals surface area contributed by atoms with Crippen molar-refractivity contribution in [3.63, 3.8) is 0 Å². The molecule has 3 aromatic rings. The van der Waals surface area contributed by atoms with Crippen LogP contribution >= 0.6 is 11.6 Å². The summed E-state index contributed by atoms with van der Waals surface area (Å²) in [5.41, 5.74) is 2.15. The van der Waals surface area contributed by atoms with Crippen molar-refractivity contribution >= 4 is 39.1 Å². The number of nitrogens with zero attached hydrogens (tertiary/aromatic N) is 2. The third-order valence-electron chi connectivity index (χ3n) is 7.65. The normalized spacial score (nSPS) is 14.7. The van der Waals surface area contributed by atoms with E-state index >= 15 is 0 Å². The fraction of sp³-hybridized carbons (Fsp3) is 0.375. The Hall–Kier alpha value is -3.36. The van der Waals surface area contributed by atoms with Gasteiger partial charge in [-0.25, -0.2) is 8.42 Å². The molecular formula is C32H38ClN3O4S. The summed E-state index contributed by atoms with van der Waals surface area (Å²) < 4.78 is 28.8. The Labute approximate surface area is 248 Å². The number of halogens is 1. The predicted octanol–water partition coefficient (Wildman–Crippen LogP) is 6.10. The summed E-state index contributed by atoms with van der Waals surface area (Å²) >= 11 is 6.25. The highest BCUT2D eigenvalue weighted by Gasteiger charge is 2.34. The van der Waals surface area contributed by atoms with Crippen molar-refractivity contribution in [2.75, 3.05) is 10.8 Å². The molecule has 1 aliphatic rings. The molecule has 2 amide bonds. The standard InChI is InChI=1S/C32H38ClN3O4S/c1-3-30(32(38)34-27-16-6-4-7-17-27)35(22-25-14-11-10-13-24(25)2)31(37)23-36(28-18-12-15-26(33)21-28)41(39,40)29-19-8-5-9-20-29/h5,8-15,18-21,27,30H,3-4,6-7,16-17,22-23H2,1-2H3,(H,34,38). The van der Waals surface area contributed by atoms with Crippen molar-refractivity contribution in [2.45, 2.75) is 75.9 Å². The van der Waals surface area contributed by atoms with Gasteiger partial charge in [0.05, 0.1) is 10.6 Å². The molecule has 7 nitrogen and oxygen atoms in total. The number of benzene rings is 3. The minimum atomic E-state index is -4.13. The molecule has 0 spiro atoms. The van der Waals surface area contributed by atoms with E-state index in [1.54, 1.807) is 36.4 Å². The van der Waals surface area contributed by atoms with Gasteiger partial charge < -0.3 is 10.2 Å². The molecule has 0 saturated heterocycles. The molecule has 1 unspecified atom stereocenters. The third-order valence-corrected chi connectivity index (χ3v) is 9.67. The lowest BCUT2D eigenvalue weighted by Gasteiger charge is -2.34. The zero-order chi connectivity index (χ0) is 29.4. The smallest absolute Gasteiger partial charge is 0.264 e. The molecule has 0 bridgehead atoms. The van der Waals surface area contributed by atoms with Crippen LogP contribution < -0.4 is 9.62 Å². The largest absolute Gasteiger partial charge is 0.352 e. The maximum Gasteiger partial charge on any atom is 0.264 e. The van der Waals surface area contributed by atoms with Crippen LogP contribution in [0.1, 0.15) is 56.6 Å². The number of carbonyl (C=O) groups is 2. The van der Waals surface area contributed by atoms with Crippen LogP contribution in [-0.2, 0) is 26.2 Å². The number of sulfonamides is 1. The molecule has 0 aromatic heterocycles. The quantitative estimate of drug-likeness (QED) is 0.290. The fourth-order valence-corrected chi connectivity index (χ4v) is 6.93. The summed E-state index contributed by atoms with van der Waals surface area (Å²) in [6.45, 7) is 3.52. The minimum absolute atomic E-state index is 0.0558. The van der Waals surface area contributed by atoms with Crippen LogP contribution in [0.5, 0.6) is 0 Å². The van der Waals surface area contributed by atoms with Crippen molar-refractivity contribution in [3.05, 3.63) is 95.0 Å². The van der Waals surface area contributed by atoms with Crippen LogP contribution in [0.4, 0.5) is 5.69 Å². The van der Waals surface area contributed by atoms with Crippen LogP contribution in [0.15, 0.2) is 83.8 Å². The lowest BCUT2D eigenvalue weighted by Crippen LogP contribution is -2.54. The highest BCUT2D eigenvalue weighted by molar-refractivity contribution is 7.92. The maximum absolute atomic E-state index is 14.2. The number of hydrogen-bond donors (Lipinski definition) is 1. The fourth-order valence-electron chi connectivity index (χ4n) is 5.31. The van der Waals surface area contributed by atoms with E-state index in [9.17, 15) is 18.0 Å². The van der Waals surface area contributed by atoms with E-state index < -0.39 is 28.5 Å². The first-order chi connectivity index (χ1) is 19.7.